The number of fused-ring (bicyclic) bond motifs is 1. The number of hydrogen-bond acceptors (Lipinski definition) is 3. The maximum Gasteiger partial charge on any atom is 0.345 e. The van der Waals surface area contributed by atoms with Crippen LogP contribution in [-0.2, 0) is 0 Å². The number of hydrogen-bond donors (Lipinski definition) is 1. The van der Waals surface area contributed by atoms with Crippen LogP contribution in [-0.4, -0.2) is 15.6 Å². The Morgan fingerprint density at radius 2 is 2.06 bits per heavy atom. The molecule has 0 unspecified atom stereocenters. The first-order valence-electron chi connectivity index (χ1n) is 5.30. The van der Waals surface area contributed by atoms with Gasteiger partial charge in [-0.25, -0.2) is 4.79 Å². The van der Waals surface area contributed by atoms with Gasteiger partial charge >= 0.3 is 5.97 Å². The van der Waals surface area contributed by atoms with E-state index in [1.54, 1.807) is 4.57 Å². The van der Waals surface area contributed by atoms with Crippen molar-refractivity contribution in [2.24, 2.45) is 0 Å². The summed E-state index contributed by atoms with van der Waals surface area (Å²) in [7, 11) is 0. The van der Waals surface area contributed by atoms with E-state index in [-0.39, 0.29) is 16.5 Å². The van der Waals surface area contributed by atoms with Crippen molar-refractivity contribution in [3.05, 3.63) is 33.1 Å². The highest BCUT2D eigenvalue weighted by atomic mass is 32.1. The first-order valence-corrected chi connectivity index (χ1v) is 6.12. The molecule has 0 aliphatic carbocycles. The molecule has 0 radical (unpaired) electrons. The van der Waals surface area contributed by atoms with E-state index in [4.69, 9.17) is 5.11 Å². The molecule has 0 saturated heterocycles. The largest absolute Gasteiger partial charge is 0.477 e. The molecule has 0 bridgehead atoms. The smallest absolute Gasteiger partial charge is 0.345 e. The molecule has 0 amide bonds. The summed E-state index contributed by atoms with van der Waals surface area (Å²) >= 11 is 1.14. The zero-order valence-electron chi connectivity index (χ0n) is 9.85. The van der Waals surface area contributed by atoms with Crippen molar-refractivity contribution in [3.63, 3.8) is 0 Å². The van der Waals surface area contributed by atoms with Gasteiger partial charge in [0.1, 0.15) is 4.88 Å². The van der Waals surface area contributed by atoms with Gasteiger partial charge in [-0.3, -0.25) is 4.79 Å². The number of thiophene rings is 1. The summed E-state index contributed by atoms with van der Waals surface area (Å²) in [5.74, 6) is -0.987. The SMILES string of the molecule is Cc1cc2sc(C(=O)O)cc2c(=O)n1C(C)C. The lowest BCUT2D eigenvalue weighted by molar-refractivity contribution is 0.0702. The number of carboxylic acids is 1. The van der Waals surface area contributed by atoms with Gasteiger partial charge in [0.15, 0.2) is 0 Å². The summed E-state index contributed by atoms with van der Waals surface area (Å²) in [5.41, 5.74) is 0.745. The summed E-state index contributed by atoms with van der Waals surface area (Å²) < 4.78 is 2.42. The lowest BCUT2D eigenvalue weighted by Gasteiger charge is -2.13. The number of nitrogens with zero attached hydrogens (tertiary/aromatic N) is 1. The second-order valence-corrected chi connectivity index (χ2v) is 5.33. The fraction of sp³-hybridized carbons (Fsp3) is 0.333. The van der Waals surface area contributed by atoms with Gasteiger partial charge in [0.25, 0.3) is 5.56 Å². The predicted octanol–water partition coefficient (Wildman–Crippen LogP) is 2.65. The van der Waals surface area contributed by atoms with E-state index in [0.29, 0.717) is 5.39 Å². The fourth-order valence-electron chi connectivity index (χ4n) is 1.98. The Balaban J connectivity index is 2.83. The molecule has 1 N–H and O–H groups in total. The quantitative estimate of drug-likeness (QED) is 0.892. The van der Waals surface area contributed by atoms with Crippen LogP contribution in [0.5, 0.6) is 0 Å². The summed E-state index contributed by atoms with van der Waals surface area (Å²) in [5, 5.41) is 9.42. The van der Waals surface area contributed by atoms with Crippen LogP contribution >= 0.6 is 11.3 Å². The van der Waals surface area contributed by atoms with Crippen LogP contribution in [0.15, 0.2) is 16.9 Å². The molecule has 2 rings (SSSR count). The van der Waals surface area contributed by atoms with E-state index >= 15 is 0 Å². The van der Waals surface area contributed by atoms with Crippen LogP contribution in [0.1, 0.15) is 35.3 Å². The number of aryl methyl sites for hydroxylation is 1. The molecule has 0 atom stereocenters. The highest BCUT2D eigenvalue weighted by Crippen LogP contribution is 2.24. The van der Waals surface area contributed by atoms with Crippen LogP contribution in [0.2, 0.25) is 0 Å². The molecule has 5 heteroatoms. The third kappa shape index (κ3) is 1.86. The molecule has 4 nitrogen and oxygen atoms in total. The molecular formula is C12H13NO3S. The van der Waals surface area contributed by atoms with Gasteiger partial charge in [-0.15, -0.1) is 11.3 Å². The Hall–Kier alpha value is -1.62. The van der Waals surface area contributed by atoms with Gasteiger partial charge in [-0.05, 0) is 32.9 Å². The lowest BCUT2D eigenvalue weighted by Crippen LogP contribution is -2.23. The summed E-state index contributed by atoms with van der Waals surface area (Å²) in [6.07, 6.45) is 0. The number of aromatic carboxylic acids is 1. The lowest BCUT2D eigenvalue weighted by atomic mass is 10.2. The Morgan fingerprint density at radius 3 is 2.59 bits per heavy atom. The van der Waals surface area contributed by atoms with Crippen molar-refractivity contribution in [1.29, 1.82) is 0 Å². The van der Waals surface area contributed by atoms with E-state index in [1.807, 2.05) is 26.8 Å². The summed E-state index contributed by atoms with van der Waals surface area (Å²) in [4.78, 5) is 23.3. The number of carbonyl (C=O) groups is 1. The number of rotatable bonds is 2. The monoisotopic (exact) mass is 251 g/mol. The third-order valence-electron chi connectivity index (χ3n) is 2.66. The molecular weight excluding hydrogens is 238 g/mol. The molecule has 0 aliphatic heterocycles. The molecule has 2 heterocycles. The first kappa shape index (κ1) is 11.9. The minimum absolute atomic E-state index is 0.0695. The Labute approximate surface area is 102 Å². The highest BCUT2D eigenvalue weighted by molar-refractivity contribution is 7.20. The van der Waals surface area contributed by atoms with E-state index in [1.165, 1.54) is 6.07 Å². The Kier molecular flexibility index (Phi) is 2.79. The Bertz CT molecular complexity index is 652. The Morgan fingerprint density at radius 1 is 1.41 bits per heavy atom. The molecule has 2 aromatic rings. The minimum Gasteiger partial charge on any atom is -0.477 e. The van der Waals surface area contributed by atoms with Crippen molar-refractivity contribution in [2.45, 2.75) is 26.8 Å². The second kappa shape index (κ2) is 4.00. The molecule has 0 fully saturated rings. The van der Waals surface area contributed by atoms with Crippen LogP contribution in [0.4, 0.5) is 0 Å². The molecule has 0 aliphatic rings. The number of aromatic nitrogens is 1. The fourth-order valence-corrected chi connectivity index (χ4v) is 2.96. The molecule has 0 spiro atoms. The van der Waals surface area contributed by atoms with Crippen molar-refractivity contribution >= 4 is 27.4 Å². The average Bonchev–Trinajstić information content (AvgIpc) is 2.60. The minimum atomic E-state index is -0.987. The van der Waals surface area contributed by atoms with Crippen molar-refractivity contribution in [2.75, 3.05) is 0 Å². The first-order chi connectivity index (χ1) is 7.91. The van der Waals surface area contributed by atoms with Crippen LogP contribution < -0.4 is 5.56 Å². The number of carboxylic acid groups (broad SMARTS) is 1. The van der Waals surface area contributed by atoms with E-state index in [9.17, 15) is 9.59 Å². The van der Waals surface area contributed by atoms with Crippen LogP contribution in [0, 0.1) is 6.92 Å². The standard InChI is InChI=1S/C12H13NO3S/c1-6(2)13-7(3)4-9-8(11(13)14)5-10(17-9)12(15)16/h4-6H,1-3H3,(H,15,16). The number of pyridine rings is 1. The van der Waals surface area contributed by atoms with Crippen LogP contribution in [0.3, 0.4) is 0 Å². The molecule has 90 valence electrons. The van der Waals surface area contributed by atoms with Crippen LogP contribution in [0.25, 0.3) is 10.1 Å². The maximum atomic E-state index is 12.2. The van der Waals surface area contributed by atoms with Gasteiger partial charge in [-0.1, -0.05) is 0 Å². The van der Waals surface area contributed by atoms with Gasteiger partial charge in [0.05, 0.1) is 5.39 Å². The van der Waals surface area contributed by atoms with Gasteiger partial charge in [0, 0.05) is 16.4 Å². The van der Waals surface area contributed by atoms with E-state index in [0.717, 1.165) is 21.7 Å². The van der Waals surface area contributed by atoms with Crippen molar-refractivity contribution in [3.8, 4) is 0 Å². The maximum absolute atomic E-state index is 12.2. The normalized spacial score (nSPS) is 11.3. The molecule has 0 aromatic carbocycles. The highest BCUT2D eigenvalue weighted by Gasteiger charge is 2.14. The van der Waals surface area contributed by atoms with Crippen molar-refractivity contribution < 1.29 is 9.90 Å². The average molecular weight is 251 g/mol. The van der Waals surface area contributed by atoms with Gasteiger partial charge in [0.2, 0.25) is 0 Å². The van der Waals surface area contributed by atoms with Gasteiger partial charge < -0.3 is 9.67 Å². The van der Waals surface area contributed by atoms with E-state index in [2.05, 4.69) is 0 Å². The zero-order chi connectivity index (χ0) is 12.7. The second-order valence-electron chi connectivity index (χ2n) is 4.25. The summed E-state index contributed by atoms with van der Waals surface area (Å²) in [6.45, 7) is 5.73. The van der Waals surface area contributed by atoms with E-state index < -0.39 is 5.97 Å². The molecule has 0 saturated carbocycles. The summed E-state index contributed by atoms with van der Waals surface area (Å²) in [6, 6.07) is 3.40. The molecule has 2 aromatic heterocycles. The predicted molar refractivity (Wildman–Crippen MR) is 68.2 cm³/mol. The van der Waals surface area contributed by atoms with Gasteiger partial charge in [-0.2, -0.15) is 0 Å². The van der Waals surface area contributed by atoms with Crippen molar-refractivity contribution in [1.82, 2.24) is 4.57 Å². The zero-order valence-corrected chi connectivity index (χ0v) is 10.7. The molecule has 17 heavy (non-hydrogen) atoms. The third-order valence-corrected chi connectivity index (χ3v) is 3.73. The topological polar surface area (TPSA) is 59.3 Å².